The second-order valence-corrected chi connectivity index (χ2v) is 5.55. The van der Waals surface area contributed by atoms with Crippen molar-refractivity contribution in [1.82, 2.24) is 0 Å². The second kappa shape index (κ2) is 7.56. The Hall–Kier alpha value is -1.66. The first-order chi connectivity index (χ1) is 10.2. The van der Waals surface area contributed by atoms with Gasteiger partial charge in [0, 0.05) is 20.3 Å². The molecule has 1 aliphatic heterocycles. The fourth-order valence-corrected chi connectivity index (χ4v) is 2.43. The number of carbonyl (C=O) groups is 2. The highest BCUT2D eigenvalue weighted by Gasteiger charge is 2.49. The summed E-state index contributed by atoms with van der Waals surface area (Å²) in [6.07, 6.45) is 0.993. The maximum atomic E-state index is 11.3. The number of hydrogen-bond acceptors (Lipinski definition) is 6. The molecule has 6 nitrogen and oxygen atoms in total. The summed E-state index contributed by atoms with van der Waals surface area (Å²) in [4.78, 5) is 22.6. The molecule has 22 heavy (non-hydrogen) atoms. The molecule has 1 saturated heterocycles. The van der Waals surface area contributed by atoms with Gasteiger partial charge in [-0.1, -0.05) is 12.7 Å². The van der Waals surface area contributed by atoms with E-state index in [1.807, 2.05) is 0 Å². The van der Waals surface area contributed by atoms with Gasteiger partial charge in [0.2, 0.25) is 0 Å². The highest BCUT2D eigenvalue weighted by Crippen LogP contribution is 2.35. The quantitative estimate of drug-likeness (QED) is 0.530. The summed E-state index contributed by atoms with van der Waals surface area (Å²) in [5, 5.41) is 0. The summed E-state index contributed by atoms with van der Waals surface area (Å²) >= 11 is 0. The molecule has 0 N–H and O–H groups in total. The molecule has 1 rings (SSSR count). The Kier molecular flexibility index (Phi) is 6.32. The summed E-state index contributed by atoms with van der Waals surface area (Å²) in [6, 6.07) is 0. The molecule has 6 heteroatoms. The van der Waals surface area contributed by atoms with Crippen molar-refractivity contribution in [3.05, 3.63) is 25.3 Å². The topological polar surface area (TPSA) is 71.1 Å². The van der Waals surface area contributed by atoms with Crippen LogP contribution in [0.25, 0.3) is 0 Å². The van der Waals surface area contributed by atoms with Gasteiger partial charge in [0.05, 0.1) is 0 Å². The van der Waals surface area contributed by atoms with Gasteiger partial charge in [-0.3, -0.25) is 9.59 Å². The minimum absolute atomic E-state index is 0.393. The molecular weight excluding hydrogens is 288 g/mol. The molecule has 1 fully saturated rings. The minimum atomic E-state index is -0.893. The Morgan fingerprint density at radius 3 is 2.14 bits per heavy atom. The third-order valence-electron chi connectivity index (χ3n) is 3.10. The van der Waals surface area contributed by atoms with E-state index < -0.39 is 42.1 Å². The van der Waals surface area contributed by atoms with Crippen molar-refractivity contribution in [3.8, 4) is 0 Å². The van der Waals surface area contributed by atoms with Gasteiger partial charge in [-0.05, 0) is 19.9 Å². The molecule has 0 aliphatic carbocycles. The van der Waals surface area contributed by atoms with Crippen LogP contribution in [0.3, 0.4) is 0 Å². The SMILES string of the molecule is C=CC[C@H](OC(C)=O)[C@H]1OC(C)(C)O[C@H]1[C@@H](C=C)OC(C)=O. The number of ether oxygens (including phenoxy) is 4. The maximum Gasteiger partial charge on any atom is 0.303 e. The van der Waals surface area contributed by atoms with Crippen molar-refractivity contribution in [2.24, 2.45) is 0 Å². The fraction of sp³-hybridized carbons (Fsp3) is 0.625. The zero-order valence-corrected chi connectivity index (χ0v) is 13.5. The first-order valence-corrected chi connectivity index (χ1v) is 7.13. The van der Waals surface area contributed by atoms with Gasteiger partial charge >= 0.3 is 11.9 Å². The van der Waals surface area contributed by atoms with Crippen LogP contribution in [0.5, 0.6) is 0 Å². The van der Waals surface area contributed by atoms with Gasteiger partial charge in [0.1, 0.15) is 24.4 Å². The van der Waals surface area contributed by atoms with E-state index in [9.17, 15) is 9.59 Å². The van der Waals surface area contributed by atoms with Crippen molar-refractivity contribution in [2.45, 2.75) is 64.3 Å². The molecule has 0 aromatic heterocycles. The molecule has 1 aliphatic rings. The maximum absolute atomic E-state index is 11.3. The fourth-order valence-electron chi connectivity index (χ4n) is 2.43. The summed E-state index contributed by atoms with van der Waals surface area (Å²) in [5.74, 6) is -1.78. The smallest absolute Gasteiger partial charge is 0.303 e. The van der Waals surface area contributed by atoms with Crippen LogP contribution in [-0.4, -0.2) is 42.1 Å². The highest BCUT2D eigenvalue weighted by molar-refractivity contribution is 5.66. The van der Waals surface area contributed by atoms with Crippen LogP contribution >= 0.6 is 0 Å². The Labute approximate surface area is 131 Å². The van der Waals surface area contributed by atoms with Crippen LogP contribution in [0.1, 0.15) is 34.1 Å². The lowest BCUT2D eigenvalue weighted by atomic mass is 10.0. The molecule has 0 bridgehead atoms. The van der Waals surface area contributed by atoms with Gasteiger partial charge in [-0.25, -0.2) is 0 Å². The largest absolute Gasteiger partial charge is 0.459 e. The van der Waals surface area contributed by atoms with Crippen LogP contribution in [-0.2, 0) is 28.5 Å². The van der Waals surface area contributed by atoms with E-state index in [1.165, 1.54) is 19.9 Å². The van der Waals surface area contributed by atoms with Crippen molar-refractivity contribution in [1.29, 1.82) is 0 Å². The normalized spacial score (nSPS) is 25.8. The molecular formula is C16H24O6. The first kappa shape index (κ1) is 18.4. The standard InChI is InChI=1S/C16H24O6/c1-7-9-13(20-11(4)18)15-14(21-16(5,6)22-15)12(8-2)19-10(3)17/h7-8,12-15H,1-2,9H2,3-6H3/t12-,13+,14+,15-/m1/s1. The van der Waals surface area contributed by atoms with Crippen LogP contribution in [0.2, 0.25) is 0 Å². The average Bonchev–Trinajstić information content (AvgIpc) is 2.70. The van der Waals surface area contributed by atoms with E-state index in [0.29, 0.717) is 6.42 Å². The first-order valence-electron chi connectivity index (χ1n) is 7.13. The van der Waals surface area contributed by atoms with E-state index in [2.05, 4.69) is 13.2 Å². The predicted molar refractivity (Wildman–Crippen MR) is 79.9 cm³/mol. The summed E-state index contributed by atoms with van der Waals surface area (Å²) in [5.41, 5.74) is 0. The number of hydrogen-bond donors (Lipinski definition) is 0. The van der Waals surface area contributed by atoms with Crippen molar-refractivity contribution < 1.29 is 28.5 Å². The van der Waals surface area contributed by atoms with E-state index in [-0.39, 0.29) is 0 Å². The number of rotatable bonds is 7. The van der Waals surface area contributed by atoms with E-state index in [1.54, 1.807) is 19.9 Å². The van der Waals surface area contributed by atoms with E-state index in [4.69, 9.17) is 18.9 Å². The number of esters is 2. The van der Waals surface area contributed by atoms with Crippen molar-refractivity contribution >= 4 is 11.9 Å². The third-order valence-corrected chi connectivity index (χ3v) is 3.10. The molecule has 0 radical (unpaired) electrons. The van der Waals surface area contributed by atoms with Crippen LogP contribution in [0.4, 0.5) is 0 Å². The molecule has 0 unspecified atom stereocenters. The zero-order chi connectivity index (χ0) is 16.9. The lowest BCUT2D eigenvalue weighted by Gasteiger charge is -2.28. The monoisotopic (exact) mass is 312 g/mol. The summed E-state index contributed by atoms with van der Waals surface area (Å²) in [7, 11) is 0. The molecule has 4 atom stereocenters. The van der Waals surface area contributed by atoms with Crippen LogP contribution in [0.15, 0.2) is 25.3 Å². The third kappa shape index (κ3) is 4.96. The Morgan fingerprint density at radius 1 is 1.14 bits per heavy atom. The van der Waals surface area contributed by atoms with Gasteiger partial charge in [0.25, 0.3) is 0 Å². The molecule has 0 amide bonds. The molecule has 1 heterocycles. The Bertz CT molecular complexity index is 442. The Balaban J connectivity index is 3.03. The highest BCUT2D eigenvalue weighted by atomic mass is 16.8. The summed E-state index contributed by atoms with van der Waals surface area (Å²) < 4.78 is 22.2. The van der Waals surface area contributed by atoms with Crippen molar-refractivity contribution in [3.63, 3.8) is 0 Å². The Morgan fingerprint density at radius 2 is 1.68 bits per heavy atom. The van der Waals surface area contributed by atoms with Gasteiger partial charge < -0.3 is 18.9 Å². The van der Waals surface area contributed by atoms with Gasteiger partial charge in [0.15, 0.2) is 5.79 Å². The lowest BCUT2D eigenvalue weighted by molar-refractivity contribution is -0.171. The minimum Gasteiger partial charge on any atom is -0.459 e. The lowest BCUT2D eigenvalue weighted by Crippen LogP contribution is -2.44. The second-order valence-electron chi connectivity index (χ2n) is 5.55. The van der Waals surface area contributed by atoms with Crippen LogP contribution in [0, 0.1) is 0 Å². The molecule has 124 valence electrons. The van der Waals surface area contributed by atoms with Crippen LogP contribution < -0.4 is 0 Å². The molecule has 0 aromatic rings. The van der Waals surface area contributed by atoms with Crippen molar-refractivity contribution in [2.75, 3.05) is 0 Å². The number of carbonyl (C=O) groups excluding carboxylic acids is 2. The molecule has 0 saturated carbocycles. The summed E-state index contributed by atoms with van der Waals surface area (Å²) in [6.45, 7) is 13.4. The van der Waals surface area contributed by atoms with Gasteiger partial charge in [-0.15, -0.1) is 6.58 Å². The predicted octanol–water partition coefficient (Wildman–Crippen LogP) is 2.13. The van der Waals surface area contributed by atoms with E-state index >= 15 is 0 Å². The van der Waals surface area contributed by atoms with Gasteiger partial charge in [-0.2, -0.15) is 0 Å². The van der Waals surface area contributed by atoms with E-state index in [0.717, 1.165) is 0 Å². The average molecular weight is 312 g/mol. The zero-order valence-electron chi connectivity index (χ0n) is 13.5. The molecule has 0 aromatic carbocycles. The molecule has 0 spiro atoms.